The topological polar surface area (TPSA) is 97.8 Å². The van der Waals surface area contributed by atoms with Crippen molar-refractivity contribution < 1.29 is 33.6 Å². The first-order valence-corrected chi connectivity index (χ1v) is 15.5. The standard InChI is InChI=1S/C34H44N2O7/c1-5-41-29-21-24(7-10-28(29)42-16-11-22(2)3)31-30(32(37)25-8-9-27-26(20-25)19-23(4)43-27)33(38)34(39)36(31)13-6-12-35-14-17-40-18-15-35/h7-10,20-23,31,37H,5-6,11-19H2,1-4H3/t23-,31+/m1/s1. The van der Waals surface area contributed by atoms with Crippen molar-refractivity contribution in [3.63, 3.8) is 0 Å². The van der Waals surface area contributed by atoms with E-state index in [0.717, 1.165) is 37.4 Å². The number of likely N-dealkylation sites (tertiary alicyclic amines) is 1. The zero-order valence-electron chi connectivity index (χ0n) is 25.8. The van der Waals surface area contributed by atoms with Gasteiger partial charge >= 0.3 is 0 Å². The Balaban J connectivity index is 1.50. The summed E-state index contributed by atoms with van der Waals surface area (Å²) < 4.78 is 23.3. The van der Waals surface area contributed by atoms with E-state index >= 15 is 0 Å². The van der Waals surface area contributed by atoms with Gasteiger partial charge in [0.05, 0.1) is 38.0 Å². The number of amides is 1. The maximum Gasteiger partial charge on any atom is 0.295 e. The van der Waals surface area contributed by atoms with E-state index in [0.29, 0.717) is 74.4 Å². The SMILES string of the molecule is CCOc1cc([C@H]2C(=C(O)c3ccc4c(c3)C[C@@H](C)O4)C(=O)C(=O)N2CCCN2CCOCC2)ccc1OCCC(C)C. The van der Waals surface area contributed by atoms with Crippen molar-refractivity contribution in [3.8, 4) is 17.2 Å². The summed E-state index contributed by atoms with van der Waals surface area (Å²) in [6.07, 6.45) is 2.35. The van der Waals surface area contributed by atoms with Crippen molar-refractivity contribution in [1.82, 2.24) is 9.80 Å². The summed E-state index contributed by atoms with van der Waals surface area (Å²) >= 11 is 0. The fraction of sp³-hybridized carbons (Fsp3) is 0.529. The van der Waals surface area contributed by atoms with Gasteiger partial charge < -0.3 is 29.0 Å². The Labute approximate surface area is 254 Å². The lowest BCUT2D eigenvalue weighted by Gasteiger charge is -2.29. The number of fused-ring (bicyclic) bond motifs is 1. The predicted molar refractivity (Wildman–Crippen MR) is 164 cm³/mol. The average molecular weight is 593 g/mol. The molecule has 232 valence electrons. The molecule has 3 heterocycles. The highest BCUT2D eigenvalue weighted by molar-refractivity contribution is 6.46. The van der Waals surface area contributed by atoms with Crippen LogP contribution in [-0.4, -0.2) is 85.3 Å². The summed E-state index contributed by atoms with van der Waals surface area (Å²) in [7, 11) is 0. The first-order valence-electron chi connectivity index (χ1n) is 15.5. The molecule has 9 nitrogen and oxygen atoms in total. The molecule has 5 rings (SSSR count). The molecule has 3 aliphatic heterocycles. The largest absolute Gasteiger partial charge is 0.507 e. The molecule has 2 saturated heterocycles. The van der Waals surface area contributed by atoms with Crippen molar-refractivity contribution in [2.24, 2.45) is 5.92 Å². The minimum absolute atomic E-state index is 0.0442. The van der Waals surface area contributed by atoms with Gasteiger partial charge in [-0.25, -0.2) is 0 Å². The second-order valence-corrected chi connectivity index (χ2v) is 11.9. The molecule has 9 heteroatoms. The maximum absolute atomic E-state index is 13.6. The number of rotatable bonds is 12. The third-order valence-corrected chi connectivity index (χ3v) is 8.22. The van der Waals surface area contributed by atoms with Gasteiger partial charge in [-0.2, -0.15) is 0 Å². The highest BCUT2D eigenvalue weighted by Gasteiger charge is 2.46. The fourth-order valence-corrected chi connectivity index (χ4v) is 5.96. The van der Waals surface area contributed by atoms with Crippen LogP contribution in [-0.2, 0) is 20.7 Å². The Morgan fingerprint density at radius 2 is 1.84 bits per heavy atom. The molecule has 0 unspecified atom stereocenters. The summed E-state index contributed by atoms with van der Waals surface area (Å²) in [5, 5.41) is 11.6. The van der Waals surface area contributed by atoms with E-state index in [4.69, 9.17) is 18.9 Å². The maximum atomic E-state index is 13.6. The molecule has 0 radical (unpaired) electrons. The molecule has 1 N–H and O–H groups in total. The van der Waals surface area contributed by atoms with E-state index in [1.165, 1.54) is 0 Å². The molecule has 0 bridgehead atoms. The van der Waals surface area contributed by atoms with Gasteiger partial charge in [0.25, 0.3) is 11.7 Å². The number of hydrogen-bond donors (Lipinski definition) is 1. The number of ketones is 1. The third-order valence-electron chi connectivity index (χ3n) is 8.22. The number of carbonyl (C=O) groups excluding carboxylic acids is 2. The lowest BCUT2D eigenvalue weighted by atomic mass is 9.94. The number of morpholine rings is 1. The first-order chi connectivity index (χ1) is 20.8. The summed E-state index contributed by atoms with van der Waals surface area (Å²) in [6.45, 7) is 13.4. The predicted octanol–water partition coefficient (Wildman–Crippen LogP) is 4.98. The molecule has 2 fully saturated rings. The second-order valence-electron chi connectivity index (χ2n) is 11.9. The molecule has 2 aromatic rings. The van der Waals surface area contributed by atoms with Gasteiger partial charge in [-0.1, -0.05) is 19.9 Å². The lowest BCUT2D eigenvalue weighted by Crippen LogP contribution is -2.39. The quantitative estimate of drug-likeness (QED) is 0.210. The summed E-state index contributed by atoms with van der Waals surface area (Å²) in [6, 6.07) is 10.2. The number of ether oxygens (including phenoxy) is 4. The Bertz CT molecular complexity index is 1350. The number of hydrogen-bond acceptors (Lipinski definition) is 8. The van der Waals surface area contributed by atoms with Crippen LogP contribution in [0.4, 0.5) is 0 Å². The normalized spacial score (nSPS) is 21.7. The lowest BCUT2D eigenvalue weighted by molar-refractivity contribution is -0.140. The zero-order valence-corrected chi connectivity index (χ0v) is 25.8. The zero-order chi connectivity index (χ0) is 30.5. The van der Waals surface area contributed by atoms with E-state index < -0.39 is 17.7 Å². The van der Waals surface area contributed by atoms with Crippen LogP contribution in [0.1, 0.15) is 63.3 Å². The van der Waals surface area contributed by atoms with Gasteiger partial charge in [0.2, 0.25) is 0 Å². The van der Waals surface area contributed by atoms with E-state index in [9.17, 15) is 14.7 Å². The summed E-state index contributed by atoms with van der Waals surface area (Å²) in [4.78, 5) is 31.1. The minimum atomic E-state index is -0.767. The molecule has 2 aromatic carbocycles. The van der Waals surface area contributed by atoms with Gasteiger partial charge in [-0.05, 0) is 74.1 Å². The van der Waals surface area contributed by atoms with Gasteiger partial charge in [0.15, 0.2) is 11.5 Å². The van der Waals surface area contributed by atoms with Gasteiger partial charge in [0.1, 0.15) is 17.6 Å². The molecule has 3 aliphatic rings. The number of nitrogens with zero attached hydrogens (tertiary/aromatic N) is 2. The third kappa shape index (κ3) is 6.99. The highest BCUT2D eigenvalue weighted by Crippen LogP contribution is 2.43. The van der Waals surface area contributed by atoms with E-state index in [1.807, 2.05) is 44.2 Å². The smallest absolute Gasteiger partial charge is 0.295 e. The second kappa shape index (κ2) is 13.8. The molecular weight excluding hydrogens is 548 g/mol. The summed E-state index contributed by atoms with van der Waals surface area (Å²) in [5.74, 6) is 0.960. The molecule has 0 saturated carbocycles. The van der Waals surface area contributed by atoms with Crippen LogP contribution >= 0.6 is 0 Å². The molecule has 43 heavy (non-hydrogen) atoms. The molecule has 1 amide bonds. The molecule has 0 spiro atoms. The van der Waals surface area contributed by atoms with Gasteiger partial charge in [-0.15, -0.1) is 0 Å². The van der Waals surface area contributed by atoms with Crippen molar-refractivity contribution in [3.05, 3.63) is 58.7 Å². The van der Waals surface area contributed by atoms with Crippen LogP contribution in [0.25, 0.3) is 5.76 Å². The molecule has 0 aromatic heterocycles. The van der Waals surface area contributed by atoms with Crippen LogP contribution in [0.5, 0.6) is 17.2 Å². The summed E-state index contributed by atoms with van der Waals surface area (Å²) in [5.41, 5.74) is 2.23. The molecule has 0 aliphatic carbocycles. The first kappa shape index (κ1) is 30.9. The van der Waals surface area contributed by atoms with Crippen LogP contribution < -0.4 is 14.2 Å². The fourth-order valence-electron chi connectivity index (χ4n) is 5.96. The van der Waals surface area contributed by atoms with Crippen molar-refractivity contribution in [1.29, 1.82) is 0 Å². The van der Waals surface area contributed by atoms with Crippen LogP contribution in [0, 0.1) is 5.92 Å². The number of Topliss-reactive ketones (excluding diaryl/α,β-unsaturated/α-hetero) is 1. The molecular formula is C34H44N2O7. The van der Waals surface area contributed by atoms with Gasteiger partial charge in [0, 0.05) is 38.2 Å². The Morgan fingerprint density at radius 1 is 1.05 bits per heavy atom. The van der Waals surface area contributed by atoms with Crippen LogP contribution in [0.3, 0.4) is 0 Å². The monoisotopic (exact) mass is 592 g/mol. The number of carbonyl (C=O) groups is 2. The van der Waals surface area contributed by atoms with E-state index in [1.54, 1.807) is 11.0 Å². The minimum Gasteiger partial charge on any atom is -0.507 e. The Morgan fingerprint density at radius 3 is 2.58 bits per heavy atom. The Kier molecular flexibility index (Phi) is 9.93. The highest BCUT2D eigenvalue weighted by atomic mass is 16.5. The number of aliphatic hydroxyl groups is 1. The average Bonchev–Trinajstić information content (AvgIpc) is 3.49. The van der Waals surface area contributed by atoms with Crippen molar-refractivity contribution >= 4 is 17.4 Å². The van der Waals surface area contributed by atoms with Crippen LogP contribution in [0.2, 0.25) is 0 Å². The van der Waals surface area contributed by atoms with E-state index in [2.05, 4.69) is 18.7 Å². The number of benzene rings is 2. The van der Waals surface area contributed by atoms with E-state index in [-0.39, 0.29) is 17.4 Å². The van der Waals surface area contributed by atoms with Gasteiger partial charge in [-0.3, -0.25) is 14.5 Å². The Hall–Kier alpha value is -3.56. The van der Waals surface area contributed by atoms with Crippen molar-refractivity contribution in [2.45, 2.75) is 59.1 Å². The number of aliphatic hydroxyl groups excluding tert-OH is 1. The molecule has 2 atom stereocenters. The van der Waals surface area contributed by atoms with Crippen LogP contribution in [0.15, 0.2) is 42.0 Å². The van der Waals surface area contributed by atoms with Crippen molar-refractivity contribution in [2.75, 3.05) is 52.6 Å².